The van der Waals surface area contributed by atoms with E-state index in [1.807, 2.05) is 12.1 Å². The Bertz CT molecular complexity index is 622. The average molecular weight is 288 g/mol. The van der Waals surface area contributed by atoms with Crippen LogP contribution in [-0.2, 0) is 19.4 Å². The summed E-state index contributed by atoms with van der Waals surface area (Å²) >= 11 is 0. The molecule has 1 aliphatic rings. The topological polar surface area (TPSA) is 42.7 Å². The second-order valence-electron chi connectivity index (χ2n) is 5.81. The quantitative estimate of drug-likeness (QED) is 0.919. The van der Waals surface area contributed by atoms with Gasteiger partial charge in [0.1, 0.15) is 17.5 Å². The molecule has 1 aromatic carbocycles. The first-order valence-corrected chi connectivity index (χ1v) is 7.56. The number of nitrogens with one attached hydrogen (secondary N) is 1. The Morgan fingerprint density at radius 3 is 2.90 bits per heavy atom. The van der Waals surface area contributed by atoms with E-state index in [0.717, 1.165) is 36.6 Å². The second-order valence-corrected chi connectivity index (χ2v) is 5.81. The van der Waals surface area contributed by atoms with Crippen molar-refractivity contribution in [2.24, 2.45) is 0 Å². The van der Waals surface area contributed by atoms with Gasteiger partial charge in [0.15, 0.2) is 0 Å². The van der Waals surface area contributed by atoms with Gasteiger partial charge in [0.25, 0.3) is 0 Å². The predicted molar refractivity (Wildman–Crippen MR) is 79.5 cm³/mol. The van der Waals surface area contributed by atoms with Crippen LogP contribution >= 0.6 is 0 Å². The van der Waals surface area contributed by atoms with Crippen LogP contribution < -0.4 is 5.32 Å². The van der Waals surface area contributed by atoms with Gasteiger partial charge in [-0.3, -0.25) is 0 Å². The Labute approximate surface area is 124 Å². The Kier molecular flexibility index (Phi) is 4.01. The minimum atomic E-state index is -0.137. The van der Waals surface area contributed by atoms with Gasteiger partial charge in [0.2, 0.25) is 0 Å². The fourth-order valence-electron chi connectivity index (χ4n) is 3.05. The Morgan fingerprint density at radius 2 is 2.10 bits per heavy atom. The molecule has 0 bridgehead atoms. The van der Waals surface area contributed by atoms with Gasteiger partial charge in [-0.25, -0.2) is 4.39 Å². The highest BCUT2D eigenvalue weighted by molar-refractivity contribution is 5.18. The smallest absolute Gasteiger partial charge is 0.149 e. The summed E-state index contributed by atoms with van der Waals surface area (Å²) < 4.78 is 15.9. The minimum absolute atomic E-state index is 0.117. The van der Waals surface area contributed by atoms with Crippen molar-refractivity contribution in [2.45, 2.75) is 51.7 Å². The molecule has 0 radical (unpaired) electrons. The molecule has 4 nitrogen and oxygen atoms in total. The fraction of sp³-hybridized carbons (Fsp3) is 0.500. The van der Waals surface area contributed by atoms with Gasteiger partial charge in [-0.05, 0) is 38.3 Å². The van der Waals surface area contributed by atoms with E-state index in [0.29, 0.717) is 6.42 Å². The van der Waals surface area contributed by atoms with Crippen LogP contribution in [0.3, 0.4) is 0 Å². The van der Waals surface area contributed by atoms with Crippen molar-refractivity contribution >= 4 is 0 Å². The van der Waals surface area contributed by atoms with E-state index < -0.39 is 0 Å². The molecule has 2 unspecified atom stereocenters. The Hall–Kier alpha value is -1.75. The normalized spacial score (nSPS) is 16.7. The molecule has 0 saturated heterocycles. The summed E-state index contributed by atoms with van der Waals surface area (Å²) in [6.07, 6.45) is 2.83. The molecule has 21 heavy (non-hydrogen) atoms. The van der Waals surface area contributed by atoms with Crippen molar-refractivity contribution in [3.63, 3.8) is 0 Å². The molecule has 0 aliphatic carbocycles. The number of benzene rings is 1. The molecule has 1 N–H and O–H groups in total. The number of fused-ring (bicyclic) bond motifs is 1. The van der Waals surface area contributed by atoms with Crippen LogP contribution in [0.2, 0.25) is 0 Å². The lowest BCUT2D eigenvalue weighted by molar-refractivity contribution is 0.442. The zero-order valence-electron chi connectivity index (χ0n) is 12.5. The number of hydrogen-bond donors (Lipinski definition) is 1. The lowest BCUT2D eigenvalue weighted by Crippen LogP contribution is -2.32. The van der Waals surface area contributed by atoms with Crippen molar-refractivity contribution in [1.82, 2.24) is 20.1 Å². The van der Waals surface area contributed by atoms with Gasteiger partial charge in [-0.1, -0.05) is 18.2 Å². The number of hydrogen-bond acceptors (Lipinski definition) is 3. The zero-order valence-corrected chi connectivity index (χ0v) is 12.5. The van der Waals surface area contributed by atoms with Gasteiger partial charge in [-0.15, -0.1) is 10.2 Å². The van der Waals surface area contributed by atoms with Gasteiger partial charge in [-0.2, -0.15) is 0 Å². The maximum atomic E-state index is 13.7. The highest BCUT2D eigenvalue weighted by Crippen LogP contribution is 2.19. The summed E-state index contributed by atoms with van der Waals surface area (Å²) in [4.78, 5) is 0. The van der Waals surface area contributed by atoms with Crippen LogP contribution in [0.1, 0.15) is 43.5 Å². The third-order valence-electron chi connectivity index (χ3n) is 4.04. The maximum Gasteiger partial charge on any atom is 0.149 e. The van der Waals surface area contributed by atoms with Crippen molar-refractivity contribution < 1.29 is 4.39 Å². The van der Waals surface area contributed by atoms with Gasteiger partial charge in [0.05, 0.1) is 6.04 Å². The molecular weight excluding hydrogens is 267 g/mol. The van der Waals surface area contributed by atoms with Crippen molar-refractivity contribution in [3.05, 3.63) is 47.3 Å². The molecular formula is C16H21FN4. The first-order chi connectivity index (χ1) is 10.1. The summed E-state index contributed by atoms with van der Waals surface area (Å²) in [5.74, 6) is 1.94. The summed E-state index contributed by atoms with van der Waals surface area (Å²) in [6.45, 7) is 5.17. The predicted octanol–water partition coefficient (Wildman–Crippen LogP) is 2.65. The molecule has 0 amide bonds. The summed E-state index contributed by atoms with van der Waals surface area (Å²) in [6, 6.07) is 7.24. The largest absolute Gasteiger partial charge is 0.314 e. The van der Waals surface area contributed by atoms with Crippen LogP contribution in [0.4, 0.5) is 4.39 Å². The zero-order chi connectivity index (χ0) is 14.8. The second kappa shape index (κ2) is 5.93. The Balaban J connectivity index is 1.64. The molecule has 1 aliphatic heterocycles. The number of halogens is 1. The molecule has 0 spiro atoms. The van der Waals surface area contributed by atoms with Crippen molar-refractivity contribution in [3.8, 4) is 0 Å². The lowest BCUT2D eigenvalue weighted by Gasteiger charge is -2.20. The van der Waals surface area contributed by atoms with Crippen LogP contribution in [-0.4, -0.2) is 20.8 Å². The SMILES string of the molecule is CC(Cc1ccccc1F)NC(C)c1nnc2n1CCC2. The van der Waals surface area contributed by atoms with Crippen LogP contribution in [0, 0.1) is 5.82 Å². The van der Waals surface area contributed by atoms with E-state index in [9.17, 15) is 4.39 Å². The van der Waals surface area contributed by atoms with Gasteiger partial charge >= 0.3 is 0 Å². The molecule has 2 aromatic rings. The van der Waals surface area contributed by atoms with Gasteiger partial charge in [0, 0.05) is 19.0 Å². The number of nitrogens with zero attached hydrogens (tertiary/aromatic N) is 3. The summed E-state index contributed by atoms with van der Waals surface area (Å²) in [5.41, 5.74) is 0.746. The molecule has 1 aromatic heterocycles. The lowest BCUT2D eigenvalue weighted by atomic mass is 10.1. The highest BCUT2D eigenvalue weighted by Gasteiger charge is 2.22. The van der Waals surface area contributed by atoms with Crippen molar-refractivity contribution in [1.29, 1.82) is 0 Å². The van der Waals surface area contributed by atoms with Crippen LogP contribution in [0.25, 0.3) is 0 Å². The van der Waals surface area contributed by atoms with E-state index in [4.69, 9.17) is 0 Å². The first kappa shape index (κ1) is 14.2. The van der Waals surface area contributed by atoms with Crippen LogP contribution in [0.5, 0.6) is 0 Å². The third-order valence-corrected chi connectivity index (χ3v) is 4.04. The molecule has 3 rings (SSSR count). The number of aryl methyl sites for hydroxylation is 1. The third kappa shape index (κ3) is 2.97. The molecule has 5 heteroatoms. The van der Waals surface area contributed by atoms with E-state index in [-0.39, 0.29) is 17.9 Å². The van der Waals surface area contributed by atoms with Gasteiger partial charge < -0.3 is 9.88 Å². The summed E-state index contributed by atoms with van der Waals surface area (Å²) in [7, 11) is 0. The standard InChI is InChI=1S/C16H21FN4/c1-11(10-13-6-3-4-7-14(13)17)18-12(2)16-20-19-15-8-5-9-21(15)16/h3-4,6-7,11-12,18H,5,8-10H2,1-2H3. The Morgan fingerprint density at radius 1 is 1.29 bits per heavy atom. The van der Waals surface area contributed by atoms with E-state index in [1.165, 1.54) is 6.07 Å². The van der Waals surface area contributed by atoms with E-state index >= 15 is 0 Å². The first-order valence-electron chi connectivity index (χ1n) is 7.56. The molecule has 0 fully saturated rings. The highest BCUT2D eigenvalue weighted by atomic mass is 19.1. The molecule has 2 heterocycles. The number of aromatic nitrogens is 3. The van der Waals surface area contributed by atoms with Crippen LogP contribution in [0.15, 0.2) is 24.3 Å². The molecule has 112 valence electrons. The van der Waals surface area contributed by atoms with E-state index in [1.54, 1.807) is 6.07 Å². The average Bonchev–Trinajstić information content (AvgIpc) is 3.03. The maximum absolute atomic E-state index is 13.7. The monoisotopic (exact) mass is 288 g/mol. The fourth-order valence-corrected chi connectivity index (χ4v) is 3.05. The summed E-state index contributed by atoms with van der Waals surface area (Å²) in [5, 5.41) is 12.0. The minimum Gasteiger partial charge on any atom is -0.314 e. The molecule has 2 atom stereocenters. The number of rotatable bonds is 5. The van der Waals surface area contributed by atoms with E-state index in [2.05, 4.69) is 33.9 Å². The van der Waals surface area contributed by atoms with Crippen molar-refractivity contribution in [2.75, 3.05) is 0 Å². The molecule has 0 saturated carbocycles.